The van der Waals surface area contributed by atoms with Crippen molar-refractivity contribution in [3.63, 3.8) is 0 Å². The van der Waals surface area contributed by atoms with Gasteiger partial charge in [-0.15, -0.1) is 12.6 Å². The lowest BCUT2D eigenvalue weighted by atomic mass is 9.87. The summed E-state index contributed by atoms with van der Waals surface area (Å²) in [6.45, 7) is 7.00. The van der Waals surface area contributed by atoms with Crippen LogP contribution in [0, 0.1) is 0 Å². The van der Waals surface area contributed by atoms with E-state index in [1.54, 1.807) is 27.7 Å². The maximum Gasteiger partial charge on any atom is 0.251 e. The largest absolute Gasteiger partial charge is 0.389 e. The van der Waals surface area contributed by atoms with Gasteiger partial charge in [-0.3, -0.25) is 0 Å². The number of halogens is 2. The minimum absolute atomic E-state index is 0.0394. The van der Waals surface area contributed by atoms with E-state index in [4.69, 9.17) is 5.73 Å². The maximum atomic E-state index is 12.3. The van der Waals surface area contributed by atoms with Crippen molar-refractivity contribution in [2.75, 3.05) is 0 Å². The fourth-order valence-corrected chi connectivity index (χ4v) is 0.985. The van der Waals surface area contributed by atoms with E-state index in [0.29, 0.717) is 6.42 Å². The zero-order valence-corrected chi connectivity index (χ0v) is 11.8. The van der Waals surface area contributed by atoms with Crippen LogP contribution in [0.1, 0.15) is 47.0 Å². The standard InChI is InChI=1S/C6H8F2S.C6H15NO/c7-6(8)3-1-5(9)2-4-6;1-5(2,7)6(3,4)8/h1,9H,2-4H2;8H,7H2,1-4H3. The molecule has 0 aromatic rings. The molecule has 0 heterocycles. The summed E-state index contributed by atoms with van der Waals surface area (Å²) in [5.74, 6) is -2.47. The number of hydrogen-bond acceptors (Lipinski definition) is 3. The first-order chi connectivity index (χ1) is 7.35. The van der Waals surface area contributed by atoms with Crippen LogP contribution in [0.2, 0.25) is 0 Å². The van der Waals surface area contributed by atoms with Gasteiger partial charge in [0.25, 0.3) is 5.92 Å². The van der Waals surface area contributed by atoms with E-state index in [9.17, 15) is 13.9 Å². The Morgan fingerprint density at radius 2 is 1.76 bits per heavy atom. The molecular weight excluding hydrogens is 244 g/mol. The maximum absolute atomic E-state index is 12.3. The summed E-state index contributed by atoms with van der Waals surface area (Å²) in [7, 11) is 0. The summed E-state index contributed by atoms with van der Waals surface area (Å²) >= 11 is 3.97. The SMILES string of the molecule is CC(C)(N)C(C)(C)O.FC1(F)CC=C(S)CC1. The Morgan fingerprint density at radius 3 is 1.94 bits per heavy atom. The number of thiol groups is 1. The molecular formula is C12H23F2NOS. The Balaban J connectivity index is 0.000000304. The minimum Gasteiger partial charge on any atom is -0.389 e. The van der Waals surface area contributed by atoms with Crippen molar-refractivity contribution in [1.82, 2.24) is 0 Å². The van der Waals surface area contributed by atoms with Gasteiger partial charge in [0, 0.05) is 18.4 Å². The van der Waals surface area contributed by atoms with Gasteiger partial charge in [0.15, 0.2) is 0 Å². The van der Waals surface area contributed by atoms with Crippen molar-refractivity contribution >= 4 is 12.6 Å². The molecule has 0 bridgehead atoms. The van der Waals surface area contributed by atoms with Crippen LogP contribution in [-0.4, -0.2) is 22.2 Å². The van der Waals surface area contributed by atoms with Gasteiger partial charge in [0.1, 0.15) is 0 Å². The van der Waals surface area contributed by atoms with E-state index in [0.717, 1.165) is 4.91 Å². The predicted octanol–water partition coefficient (Wildman–Crippen LogP) is 3.11. The van der Waals surface area contributed by atoms with Crippen LogP contribution in [0.3, 0.4) is 0 Å². The first-order valence-corrected chi connectivity index (χ1v) is 6.07. The molecule has 1 aliphatic carbocycles. The molecule has 1 rings (SSSR count). The molecule has 1 aliphatic rings. The number of allylic oxidation sites excluding steroid dienone is 2. The highest BCUT2D eigenvalue weighted by atomic mass is 32.1. The molecule has 0 unspecified atom stereocenters. The van der Waals surface area contributed by atoms with Crippen LogP contribution in [0.4, 0.5) is 8.78 Å². The molecule has 0 spiro atoms. The van der Waals surface area contributed by atoms with E-state index >= 15 is 0 Å². The second-order valence-electron chi connectivity index (χ2n) is 5.54. The van der Waals surface area contributed by atoms with Crippen LogP contribution in [0.25, 0.3) is 0 Å². The summed E-state index contributed by atoms with van der Waals surface area (Å²) in [5, 5.41) is 9.23. The van der Waals surface area contributed by atoms with Crippen LogP contribution in [0.5, 0.6) is 0 Å². The van der Waals surface area contributed by atoms with E-state index in [1.165, 1.54) is 6.08 Å². The van der Waals surface area contributed by atoms with Crippen LogP contribution in [-0.2, 0) is 0 Å². The molecule has 17 heavy (non-hydrogen) atoms. The lowest BCUT2D eigenvalue weighted by Gasteiger charge is -2.32. The Morgan fingerprint density at radius 1 is 1.35 bits per heavy atom. The lowest BCUT2D eigenvalue weighted by Crippen LogP contribution is -2.52. The first-order valence-electron chi connectivity index (χ1n) is 5.62. The first kappa shape index (κ1) is 16.9. The molecule has 3 N–H and O–H groups in total. The monoisotopic (exact) mass is 267 g/mol. The molecule has 0 saturated heterocycles. The number of nitrogens with two attached hydrogens (primary N) is 1. The van der Waals surface area contributed by atoms with Crippen LogP contribution < -0.4 is 5.73 Å². The number of alkyl halides is 2. The topological polar surface area (TPSA) is 46.2 Å². The molecule has 0 saturated carbocycles. The van der Waals surface area contributed by atoms with Gasteiger partial charge in [-0.25, -0.2) is 8.78 Å². The molecule has 2 nitrogen and oxygen atoms in total. The van der Waals surface area contributed by atoms with Crippen molar-refractivity contribution in [3.8, 4) is 0 Å². The van der Waals surface area contributed by atoms with Gasteiger partial charge < -0.3 is 10.8 Å². The Bertz CT molecular complexity index is 265. The molecule has 0 amide bonds. The summed E-state index contributed by atoms with van der Waals surface area (Å²) < 4.78 is 24.6. The lowest BCUT2D eigenvalue weighted by molar-refractivity contribution is -0.00762. The second kappa shape index (κ2) is 5.67. The second-order valence-corrected chi connectivity index (χ2v) is 6.11. The quantitative estimate of drug-likeness (QED) is 0.639. The summed E-state index contributed by atoms with van der Waals surface area (Å²) in [4.78, 5) is 0.793. The van der Waals surface area contributed by atoms with Crippen molar-refractivity contribution in [1.29, 1.82) is 0 Å². The van der Waals surface area contributed by atoms with E-state index < -0.39 is 17.1 Å². The minimum atomic E-state index is -2.47. The normalized spacial score (nSPS) is 20.2. The van der Waals surface area contributed by atoms with Crippen LogP contribution >= 0.6 is 12.6 Å². The third-order valence-corrected chi connectivity index (χ3v) is 3.37. The molecule has 0 atom stereocenters. The Hall–Kier alpha value is -0.130. The molecule has 0 radical (unpaired) electrons. The molecule has 0 fully saturated rings. The van der Waals surface area contributed by atoms with Gasteiger partial charge in [-0.2, -0.15) is 0 Å². The molecule has 0 aromatic carbocycles. The molecule has 102 valence electrons. The van der Waals surface area contributed by atoms with Crippen molar-refractivity contribution in [2.45, 2.75) is 64.0 Å². The highest BCUT2D eigenvalue weighted by Gasteiger charge is 2.30. The summed E-state index contributed by atoms with van der Waals surface area (Å²) in [5.41, 5.74) is 4.27. The fraction of sp³-hybridized carbons (Fsp3) is 0.833. The smallest absolute Gasteiger partial charge is 0.251 e. The summed E-state index contributed by atoms with van der Waals surface area (Å²) in [6, 6.07) is 0. The van der Waals surface area contributed by atoms with Gasteiger partial charge >= 0.3 is 0 Å². The Labute approximate surface area is 108 Å². The van der Waals surface area contributed by atoms with Gasteiger partial charge in [-0.1, -0.05) is 6.08 Å². The van der Waals surface area contributed by atoms with Gasteiger partial charge in [0.2, 0.25) is 0 Å². The van der Waals surface area contributed by atoms with Gasteiger partial charge in [0.05, 0.1) is 5.60 Å². The van der Waals surface area contributed by atoms with Crippen LogP contribution in [0.15, 0.2) is 11.0 Å². The van der Waals surface area contributed by atoms with Gasteiger partial charge in [-0.05, 0) is 39.0 Å². The van der Waals surface area contributed by atoms with Crippen molar-refractivity contribution in [3.05, 3.63) is 11.0 Å². The highest BCUT2D eigenvalue weighted by Crippen LogP contribution is 2.32. The molecule has 0 aromatic heterocycles. The summed E-state index contributed by atoms with van der Waals surface area (Å²) in [6.07, 6.45) is 1.75. The number of hydrogen-bond donors (Lipinski definition) is 3. The highest BCUT2D eigenvalue weighted by molar-refractivity contribution is 7.84. The number of rotatable bonds is 1. The zero-order valence-electron chi connectivity index (χ0n) is 10.9. The van der Waals surface area contributed by atoms with E-state index in [1.807, 2.05) is 0 Å². The predicted molar refractivity (Wildman–Crippen MR) is 70.4 cm³/mol. The van der Waals surface area contributed by atoms with Crippen molar-refractivity contribution in [2.24, 2.45) is 5.73 Å². The molecule has 0 aliphatic heterocycles. The average molecular weight is 267 g/mol. The van der Waals surface area contributed by atoms with Crippen molar-refractivity contribution < 1.29 is 13.9 Å². The zero-order chi connectivity index (χ0) is 13.9. The fourth-order valence-electron chi connectivity index (χ4n) is 0.782. The van der Waals surface area contributed by atoms with E-state index in [-0.39, 0.29) is 12.8 Å². The third-order valence-electron chi connectivity index (χ3n) is 2.96. The van der Waals surface area contributed by atoms with E-state index in [2.05, 4.69) is 12.6 Å². The Kier molecular flexibility index (Phi) is 5.63. The average Bonchev–Trinajstić information content (AvgIpc) is 2.08. The third kappa shape index (κ3) is 7.01. The number of aliphatic hydroxyl groups is 1. The molecule has 5 heteroatoms.